The first-order chi connectivity index (χ1) is 13.2. The van der Waals surface area contributed by atoms with E-state index in [9.17, 15) is 9.18 Å². The molecule has 3 aromatic rings. The van der Waals surface area contributed by atoms with Gasteiger partial charge in [0.05, 0.1) is 12.1 Å². The second-order valence-corrected chi connectivity index (χ2v) is 7.32. The Morgan fingerprint density at radius 1 is 1.00 bits per heavy atom. The Morgan fingerprint density at radius 3 is 2.56 bits per heavy atom. The van der Waals surface area contributed by atoms with Crippen molar-refractivity contribution in [2.75, 3.05) is 13.1 Å². The highest BCUT2D eigenvalue weighted by Crippen LogP contribution is 2.19. The first kappa shape index (κ1) is 17.9. The minimum Gasteiger partial charge on any atom is -0.303 e. The topological polar surface area (TPSA) is 38.1 Å². The fourth-order valence-corrected chi connectivity index (χ4v) is 3.88. The van der Waals surface area contributed by atoms with Gasteiger partial charge < -0.3 is 4.57 Å². The maximum absolute atomic E-state index is 13.9. The first-order valence-electron chi connectivity index (χ1n) is 9.64. The minimum atomic E-state index is -0.331. The molecule has 140 valence electrons. The molecule has 0 aliphatic carbocycles. The quantitative estimate of drug-likeness (QED) is 0.702. The van der Waals surface area contributed by atoms with Crippen molar-refractivity contribution in [3.8, 4) is 0 Å². The molecule has 4 rings (SSSR count). The van der Waals surface area contributed by atoms with E-state index in [1.54, 1.807) is 23.0 Å². The molecule has 1 saturated heterocycles. The lowest BCUT2D eigenvalue weighted by Gasteiger charge is -2.21. The average molecular weight is 365 g/mol. The highest BCUT2D eigenvalue weighted by atomic mass is 19.1. The van der Waals surface area contributed by atoms with E-state index >= 15 is 0 Å². The number of rotatable bonds is 4. The molecule has 1 fully saturated rings. The predicted octanol–water partition coefficient (Wildman–Crippen LogP) is 3.96. The summed E-state index contributed by atoms with van der Waals surface area (Å²) < 4.78 is 15.6. The van der Waals surface area contributed by atoms with Crippen molar-refractivity contribution in [1.82, 2.24) is 14.5 Å². The smallest absolute Gasteiger partial charge is 0.255 e. The third kappa shape index (κ3) is 4.08. The number of hydrogen-bond acceptors (Lipinski definition) is 3. The standard InChI is InChI=1S/C22H24FN3O/c23-20-8-7-18-12-19(16-25-10-3-1-2-4-11-25)22(27)26(21(18)13-20)15-17-6-5-9-24-14-17/h5-9,12-14H,1-4,10-11,15-16H2. The summed E-state index contributed by atoms with van der Waals surface area (Å²) in [6.07, 6.45) is 8.35. The molecular weight excluding hydrogens is 341 g/mol. The van der Waals surface area contributed by atoms with Crippen LogP contribution < -0.4 is 5.56 Å². The molecular formula is C22H24FN3O. The van der Waals surface area contributed by atoms with Gasteiger partial charge in [-0.25, -0.2) is 4.39 Å². The van der Waals surface area contributed by atoms with E-state index in [-0.39, 0.29) is 11.4 Å². The lowest BCUT2D eigenvalue weighted by molar-refractivity contribution is 0.275. The zero-order valence-corrected chi connectivity index (χ0v) is 15.4. The van der Waals surface area contributed by atoms with Crippen LogP contribution in [-0.4, -0.2) is 27.5 Å². The van der Waals surface area contributed by atoms with E-state index in [1.807, 2.05) is 18.2 Å². The van der Waals surface area contributed by atoms with E-state index < -0.39 is 0 Å². The van der Waals surface area contributed by atoms with Crippen LogP contribution in [0.1, 0.15) is 36.8 Å². The fourth-order valence-electron chi connectivity index (χ4n) is 3.88. The minimum absolute atomic E-state index is 0.0406. The molecule has 1 aliphatic heterocycles. The second kappa shape index (κ2) is 8.01. The molecule has 0 bridgehead atoms. The SMILES string of the molecule is O=c1c(CN2CCCCCC2)cc2ccc(F)cc2n1Cc1cccnc1. The summed E-state index contributed by atoms with van der Waals surface area (Å²) in [6.45, 7) is 3.10. The van der Waals surface area contributed by atoms with Gasteiger partial charge in [0.15, 0.2) is 0 Å². The van der Waals surface area contributed by atoms with Crippen LogP contribution in [0, 0.1) is 5.82 Å². The highest BCUT2D eigenvalue weighted by molar-refractivity contribution is 5.79. The van der Waals surface area contributed by atoms with Crippen LogP contribution in [-0.2, 0) is 13.1 Å². The van der Waals surface area contributed by atoms with Crippen molar-refractivity contribution >= 4 is 10.9 Å². The van der Waals surface area contributed by atoms with Gasteiger partial charge in [0.25, 0.3) is 5.56 Å². The van der Waals surface area contributed by atoms with Gasteiger partial charge in [-0.2, -0.15) is 0 Å². The van der Waals surface area contributed by atoms with E-state index in [0.717, 1.165) is 29.6 Å². The summed E-state index contributed by atoms with van der Waals surface area (Å²) >= 11 is 0. The van der Waals surface area contributed by atoms with E-state index in [0.29, 0.717) is 18.6 Å². The van der Waals surface area contributed by atoms with Crippen molar-refractivity contribution in [3.05, 3.63) is 76.1 Å². The predicted molar refractivity (Wildman–Crippen MR) is 105 cm³/mol. The molecule has 1 aliphatic rings. The van der Waals surface area contributed by atoms with Crippen LogP contribution in [0.25, 0.3) is 10.9 Å². The van der Waals surface area contributed by atoms with Crippen LogP contribution in [0.3, 0.4) is 0 Å². The summed E-state index contributed by atoms with van der Waals surface area (Å²) in [7, 11) is 0. The largest absolute Gasteiger partial charge is 0.303 e. The van der Waals surface area contributed by atoms with Gasteiger partial charge in [0.1, 0.15) is 5.82 Å². The zero-order valence-electron chi connectivity index (χ0n) is 15.4. The van der Waals surface area contributed by atoms with E-state index in [1.165, 1.54) is 37.8 Å². The van der Waals surface area contributed by atoms with Crippen LogP contribution in [0.15, 0.2) is 53.6 Å². The van der Waals surface area contributed by atoms with Crippen LogP contribution in [0.5, 0.6) is 0 Å². The molecule has 0 amide bonds. The van der Waals surface area contributed by atoms with Crippen LogP contribution in [0.4, 0.5) is 4.39 Å². The molecule has 5 heteroatoms. The summed E-state index contributed by atoms with van der Waals surface area (Å²) in [5.41, 5.74) is 2.29. The zero-order chi connectivity index (χ0) is 18.6. The van der Waals surface area contributed by atoms with Crippen molar-refractivity contribution < 1.29 is 4.39 Å². The molecule has 3 heterocycles. The summed E-state index contributed by atoms with van der Waals surface area (Å²) in [6, 6.07) is 10.4. The monoisotopic (exact) mass is 365 g/mol. The number of likely N-dealkylation sites (tertiary alicyclic amines) is 1. The lowest BCUT2D eigenvalue weighted by Crippen LogP contribution is -2.31. The van der Waals surface area contributed by atoms with E-state index in [2.05, 4.69) is 9.88 Å². The lowest BCUT2D eigenvalue weighted by atomic mass is 10.1. The summed E-state index contributed by atoms with van der Waals surface area (Å²) in [5.74, 6) is -0.331. The molecule has 0 atom stereocenters. The van der Waals surface area contributed by atoms with Crippen LogP contribution in [0.2, 0.25) is 0 Å². The molecule has 0 N–H and O–H groups in total. The van der Waals surface area contributed by atoms with Crippen molar-refractivity contribution in [1.29, 1.82) is 0 Å². The number of fused-ring (bicyclic) bond motifs is 1. The highest BCUT2D eigenvalue weighted by Gasteiger charge is 2.15. The Morgan fingerprint density at radius 2 is 1.81 bits per heavy atom. The van der Waals surface area contributed by atoms with Gasteiger partial charge in [-0.05, 0) is 67.2 Å². The average Bonchev–Trinajstić information content (AvgIpc) is 2.95. The Balaban J connectivity index is 1.77. The van der Waals surface area contributed by atoms with Gasteiger partial charge >= 0.3 is 0 Å². The Hall–Kier alpha value is -2.53. The summed E-state index contributed by atoms with van der Waals surface area (Å²) in [4.78, 5) is 19.8. The van der Waals surface area contributed by atoms with E-state index in [4.69, 9.17) is 0 Å². The van der Waals surface area contributed by atoms with Crippen molar-refractivity contribution in [3.63, 3.8) is 0 Å². The van der Waals surface area contributed by atoms with Gasteiger partial charge in [0, 0.05) is 24.5 Å². The molecule has 2 aromatic heterocycles. The summed E-state index contributed by atoms with van der Waals surface area (Å²) in [5, 5.41) is 0.893. The third-order valence-corrected chi connectivity index (χ3v) is 5.29. The van der Waals surface area contributed by atoms with Crippen molar-refractivity contribution in [2.24, 2.45) is 0 Å². The Bertz CT molecular complexity index is 976. The molecule has 27 heavy (non-hydrogen) atoms. The van der Waals surface area contributed by atoms with Gasteiger partial charge in [-0.1, -0.05) is 18.9 Å². The number of pyridine rings is 2. The van der Waals surface area contributed by atoms with Gasteiger partial charge in [0.2, 0.25) is 0 Å². The molecule has 0 unspecified atom stereocenters. The molecule has 0 spiro atoms. The third-order valence-electron chi connectivity index (χ3n) is 5.29. The Labute approximate surface area is 158 Å². The Kier molecular flexibility index (Phi) is 5.30. The first-order valence-corrected chi connectivity index (χ1v) is 9.64. The number of benzene rings is 1. The number of nitrogens with zero attached hydrogens (tertiary/aromatic N) is 3. The number of aromatic nitrogens is 2. The fraction of sp³-hybridized carbons (Fsp3) is 0.364. The molecule has 0 saturated carbocycles. The molecule has 4 nitrogen and oxygen atoms in total. The second-order valence-electron chi connectivity index (χ2n) is 7.32. The normalized spacial score (nSPS) is 15.7. The van der Waals surface area contributed by atoms with Gasteiger partial charge in [-0.3, -0.25) is 14.7 Å². The van der Waals surface area contributed by atoms with Crippen molar-refractivity contribution in [2.45, 2.75) is 38.8 Å². The maximum Gasteiger partial charge on any atom is 0.255 e. The number of halogens is 1. The van der Waals surface area contributed by atoms with Gasteiger partial charge in [-0.15, -0.1) is 0 Å². The van der Waals surface area contributed by atoms with Crippen LogP contribution >= 0.6 is 0 Å². The molecule has 1 aromatic carbocycles. The maximum atomic E-state index is 13.9. The number of hydrogen-bond donors (Lipinski definition) is 0. The molecule has 0 radical (unpaired) electrons.